The highest BCUT2D eigenvalue weighted by atomic mass is 127. The Hall–Kier alpha value is -1.14. The Morgan fingerprint density at radius 1 is 1.16 bits per heavy atom. The lowest BCUT2D eigenvalue weighted by molar-refractivity contribution is 0.462. The van der Waals surface area contributed by atoms with E-state index >= 15 is 0 Å². The summed E-state index contributed by atoms with van der Waals surface area (Å²) in [6.45, 7) is 4.04. The van der Waals surface area contributed by atoms with Gasteiger partial charge in [-0.2, -0.15) is 0 Å². The molecule has 0 fully saturated rings. The minimum Gasteiger partial charge on any atom is -0.439 e. The van der Waals surface area contributed by atoms with E-state index < -0.39 is 0 Å². The standard InChI is InChI=1S/C15H17IN2O/c1-2-9-17-10-12-3-8-15(18-11-12)19-14-6-4-13(16)5-7-14/h3-8,11,17H,2,9-10H2,1H3. The number of ether oxygens (including phenoxy) is 1. The first-order valence-electron chi connectivity index (χ1n) is 6.37. The van der Waals surface area contributed by atoms with Gasteiger partial charge in [0.05, 0.1) is 0 Å². The minimum atomic E-state index is 0.625. The average Bonchev–Trinajstić information content (AvgIpc) is 2.44. The van der Waals surface area contributed by atoms with E-state index in [1.807, 2.05) is 42.6 Å². The highest BCUT2D eigenvalue weighted by Gasteiger charge is 1.99. The van der Waals surface area contributed by atoms with Gasteiger partial charge in [0.25, 0.3) is 0 Å². The van der Waals surface area contributed by atoms with Crippen LogP contribution in [0.1, 0.15) is 18.9 Å². The fourth-order valence-electron chi connectivity index (χ4n) is 1.61. The maximum absolute atomic E-state index is 5.68. The number of hydrogen-bond acceptors (Lipinski definition) is 3. The van der Waals surface area contributed by atoms with Gasteiger partial charge in [0.2, 0.25) is 5.88 Å². The van der Waals surface area contributed by atoms with Gasteiger partial charge >= 0.3 is 0 Å². The summed E-state index contributed by atoms with van der Waals surface area (Å²) >= 11 is 2.27. The Labute approximate surface area is 127 Å². The summed E-state index contributed by atoms with van der Waals surface area (Å²) in [4.78, 5) is 4.31. The van der Waals surface area contributed by atoms with Crippen LogP contribution in [0, 0.1) is 3.57 Å². The van der Waals surface area contributed by atoms with Crippen molar-refractivity contribution in [2.24, 2.45) is 0 Å². The molecule has 0 amide bonds. The summed E-state index contributed by atoms with van der Waals surface area (Å²) < 4.78 is 6.87. The summed E-state index contributed by atoms with van der Waals surface area (Å²) in [6, 6.07) is 11.9. The van der Waals surface area contributed by atoms with Crippen LogP contribution in [-0.4, -0.2) is 11.5 Å². The molecule has 0 aliphatic rings. The summed E-state index contributed by atoms with van der Waals surface area (Å²) in [5, 5.41) is 3.35. The lowest BCUT2D eigenvalue weighted by atomic mass is 10.3. The van der Waals surface area contributed by atoms with E-state index in [-0.39, 0.29) is 0 Å². The molecule has 19 heavy (non-hydrogen) atoms. The lowest BCUT2D eigenvalue weighted by Gasteiger charge is -2.06. The van der Waals surface area contributed by atoms with Gasteiger partial charge in [0.15, 0.2) is 0 Å². The third-order valence-corrected chi connectivity index (χ3v) is 3.31. The summed E-state index contributed by atoms with van der Waals surface area (Å²) in [5.41, 5.74) is 1.17. The molecular weight excluding hydrogens is 351 g/mol. The van der Waals surface area contributed by atoms with E-state index in [1.54, 1.807) is 0 Å². The molecule has 1 heterocycles. The number of hydrogen-bond donors (Lipinski definition) is 1. The molecule has 3 nitrogen and oxygen atoms in total. The zero-order valence-electron chi connectivity index (χ0n) is 10.9. The Morgan fingerprint density at radius 2 is 1.95 bits per heavy atom. The van der Waals surface area contributed by atoms with Gasteiger partial charge in [-0.05, 0) is 65.4 Å². The van der Waals surface area contributed by atoms with E-state index in [9.17, 15) is 0 Å². The average molecular weight is 368 g/mol. The van der Waals surface area contributed by atoms with Crippen LogP contribution < -0.4 is 10.1 Å². The van der Waals surface area contributed by atoms with Crippen molar-refractivity contribution in [3.05, 3.63) is 51.7 Å². The normalized spacial score (nSPS) is 10.4. The molecule has 1 aromatic carbocycles. The van der Waals surface area contributed by atoms with Gasteiger partial charge in [-0.15, -0.1) is 0 Å². The third-order valence-electron chi connectivity index (χ3n) is 2.59. The molecule has 2 rings (SSSR count). The molecule has 2 aromatic rings. The van der Waals surface area contributed by atoms with Gasteiger partial charge in [0, 0.05) is 22.4 Å². The smallest absolute Gasteiger partial charge is 0.219 e. The Bertz CT molecular complexity index is 497. The van der Waals surface area contributed by atoms with E-state index in [2.05, 4.69) is 39.8 Å². The number of halogens is 1. The largest absolute Gasteiger partial charge is 0.439 e. The second-order valence-corrected chi connectivity index (χ2v) is 5.48. The number of benzene rings is 1. The number of nitrogens with one attached hydrogen (secondary N) is 1. The van der Waals surface area contributed by atoms with Crippen molar-refractivity contribution in [1.82, 2.24) is 10.3 Å². The Balaban J connectivity index is 1.92. The molecule has 0 radical (unpaired) electrons. The number of rotatable bonds is 6. The van der Waals surface area contributed by atoms with E-state index in [0.717, 1.165) is 25.3 Å². The summed E-state index contributed by atoms with van der Waals surface area (Å²) in [5.74, 6) is 1.44. The van der Waals surface area contributed by atoms with Crippen LogP contribution in [-0.2, 0) is 6.54 Å². The van der Waals surface area contributed by atoms with E-state index in [1.165, 1.54) is 9.13 Å². The Kier molecular flexibility index (Phi) is 5.60. The van der Waals surface area contributed by atoms with Gasteiger partial charge in [-0.25, -0.2) is 4.98 Å². The molecule has 0 unspecified atom stereocenters. The van der Waals surface area contributed by atoms with E-state index in [4.69, 9.17) is 4.74 Å². The predicted octanol–water partition coefficient (Wildman–Crippen LogP) is 3.98. The van der Waals surface area contributed by atoms with Crippen LogP contribution in [0.2, 0.25) is 0 Å². The molecule has 0 saturated heterocycles. The van der Waals surface area contributed by atoms with Crippen LogP contribution >= 0.6 is 22.6 Å². The van der Waals surface area contributed by atoms with Gasteiger partial charge in [-0.1, -0.05) is 13.0 Å². The second-order valence-electron chi connectivity index (χ2n) is 4.24. The molecule has 4 heteroatoms. The van der Waals surface area contributed by atoms with Gasteiger partial charge < -0.3 is 10.1 Å². The van der Waals surface area contributed by atoms with Crippen LogP contribution in [0.15, 0.2) is 42.6 Å². The molecule has 1 N–H and O–H groups in total. The molecule has 0 aliphatic heterocycles. The Morgan fingerprint density at radius 3 is 2.58 bits per heavy atom. The minimum absolute atomic E-state index is 0.625. The quantitative estimate of drug-likeness (QED) is 0.619. The molecule has 0 atom stereocenters. The number of aromatic nitrogens is 1. The monoisotopic (exact) mass is 368 g/mol. The highest BCUT2D eigenvalue weighted by molar-refractivity contribution is 14.1. The zero-order valence-corrected chi connectivity index (χ0v) is 13.1. The first kappa shape index (κ1) is 14.3. The topological polar surface area (TPSA) is 34.1 Å². The molecule has 1 aromatic heterocycles. The second kappa shape index (κ2) is 7.45. The maximum atomic E-state index is 5.68. The molecule has 0 spiro atoms. The lowest BCUT2D eigenvalue weighted by Crippen LogP contribution is -2.13. The van der Waals surface area contributed by atoms with Crippen molar-refractivity contribution in [2.75, 3.05) is 6.54 Å². The van der Waals surface area contributed by atoms with Gasteiger partial charge in [0.1, 0.15) is 5.75 Å². The third kappa shape index (κ3) is 4.80. The predicted molar refractivity (Wildman–Crippen MR) is 85.5 cm³/mol. The van der Waals surface area contributed by atoms with Crippen LogP contribution in [0.3, 0.4) is 0 Å². The molecular formula is C15H17IN2O. The van der Waals surface area contributed by atoms with Crippen LogP contribution in [0.5, 0.6) is 11.6 Å². The van der Waals surface area contributed by atoms with Crippen molar-refractivity contribution in [2.45, 2.75) is 19.9 Å². The maximum Gasteiger partial charge on any atom is 0.219 e. The molecule has 0 aliphatic carbocycles. The van der Waals surface area contributed by atoms with Crippen molar-refractivity contribution in [3.8, 4) is 11.6 Å². The summed E-state index contributed by atoms with van der Waals surface area (Å²) in [7, 11) is 0. The number of nitrogens with zero attached hydrogens (tertiary/aromatic N) is 1. The zero-order chi connectivity index (χ0) is 13.5. The van der Waals surface area contributed by atoms with Gasteiger partial charge in [-0.3, -0.25) is 0 Å². The van der Waals surface area contributed by atoms with Crippen LogP contribution in [0.4, 0.5) is 0 Å². The molecule has 100 valence electrons. The van der Waals surface area contributed by atoms with Crippen molar-refractivity contribution < 1.29 is 4.74 Å². The van der Waals surface area contributed by atoms with E-state index in [0.29, 0.717) is 5.88 Å². The van der Waals surface area contributed by atoms with Crippen LogP contribution in [0.25, 0.3) is 0 Å². The SMILES string of the molecule is CCCNCc1ccc(Oc2ccc(I)cc2)nc1. The molecule has 0 saturated carbocycles. The summed E-state index contributed by atoms with van der Waals surface area (Å²) in [6.07, 6.45) is 2.99. The fourth-order valence-corrected chi connectivity index (χ4v) is 1.97. The fraction of sp³-hybridized carbons (Fsp3) is 0.267. The van der Waals surface area contributed by atoms with Crippen molar-refractivity contribution in [1.29, 1.82) is 0 Å². The first-order valence-corrected chi connectivity index (χ1v) is 7.45. The number of pyridine rings is 1. The van der Waals surface area contributed by atoms with Crippen molar-refractivity contribution in [3.63, 3.8) is 0 Å². The highest BCUT2D eigenvalue weighted by Crippen LogP contribution is 2.20. The molecule has 0 bridgehead atoms. The first-order chi connectivity index (χ1) is 9.28. The van der Waals surface area contributed by atoms with Crippen molar-refractivity contribution >= 4 is 22.6 Å².